The average molecular weight is 383 g/mol. The molecule has 4 rings (SSSR count). The summed E-state index contributed by atoms with van der Waals surface area (Å²) in [6.07, 6.45) is 6.87. The Labute approximate surface area is 166 Å². The van der Waals surface area contributed by atoms with Gasteiger partial charge in [-0.25, -0.2) is 4.79 Å². The number of likely N-dealkylation sites (tertiary alicyclic amines) is 1. The number of nitrogens with zero attached hydrogens (tertiary/aromatic N) is 3. The second-order valence-corrected chi connectivity index (χ2v) is 8.45. The van der Waals surface area contributed by atoms with Crippen molar-refractivity contribution in [2.75, 3.05) is 26.7 Å². The minimum absolute atomic E-state index is 0.00561. The Hall–Kier alpha value is -2.37. The van der Waals surface area contributed by atoms with E-state index in [1.54, 1.807) is 16.8 Å². The first kappa shape index (κ1) is 19.0. The van der Waals surface area contributed by atoms with E-state index in [4.69, 9.17) is 0 Å². The van der Waals surface area contributed by atoms with Crippen molar-refractivity contribution in [1.82, 2.24) is 14.7 Å². The van der Waals surface area contributed by atoms with E-state index in [9.17, 15) is 14.4 Å². The summed E-state index contributed by atoms with van der Waals surface area (Å²) >= 11 is 0. The molecule has 0 aromatic heterocycles. The van der Waals surface area contributed by atoms with Crippen LogP contribution in [0.2, 0.25) is 0 Å². The van der Waals surface area contributed by atoms with Gasteiger partial charge in [-0.1, -0.05) is 37.5 Å². The van der Waals surface area contributed by atoms with Crippen LogP contribution in [0.15, 0.2) is 30.3 Å². The second kappa shape index (κ2) is 7.57. The third-order valence-electron chi connectivity index (χ3n) is 6.87. The molecule has 1 aliphatic carbocycles. The summed E-state index contributed by atoms with van der Waals surface area (Å²) in [5.41, 5.74) is -0.112. The Morgan fingerprint density at radius 2 is 1.68 bits per heavy atom. The van der Waals surface area contributed by atoms with Crippen LogP contribution in [0.1, 0.15) is 55.3 Å². The molecule has 4 amide bonds. The summed E-state index contributed by atoms with van der Waals surface area (Å²) in [6, 6.07) is 9.06. The predicted octanol–water partition coefficient (Wildman–Crippen LogP) is 3.14. The van der Waals surface area contributed by atoms with Crippen molar-refractivity contribution in [1.29, 1.82) is 0 Å². The molecule has 0 N–H and O–H groups in total. The fourth-order valence-electron chi connectivity index (χ4n) is 5.03. The molecule has 1 aromatic rings. The molecule has 2 saturated heterocycles. The van der Waals surface area contributed by atoms with Crippen molar-refractivity contribution >= 4 is 17.8 Å². The van der Waals surface area contributed by atoms with E-state index in [1.807, 2.05) is 30.3 Å². The van der Waals surface area contributed by atoms with E-state index in [0.717, 1.165) is 12.8 Å². The highest BCUT2D eigenvalue weighted by atomic mass is 16.2. The van der Waals surface area contributed by atoms with Gasteiger partial charge in [-0.3, -0.25) is 14.5 Å². The molecule has 1 spiro atoms. The largest absolute Gasteiger partial charge is 0.338 e. The molecular formula is C22H29N3O3. The van der Waals surface area contributed by atoms with Crippen molar-refractivity contribution in [3.05, 3.63) is 35.9 Å². The van der Waals surface area contributed by atoms with Gasteiger partial charge in [0.1, 0.15) is 5.54 Å². The van der Waals surface area contributed by atoms with Gasteiger partial charge in [0, 0.05) is 32.2 Å². The van der Waals surface area contributed by atoms with Gasteiger partial charge in [0.25, 0.3) is 11.8 Å². The van der Waals surface area contributed by atoms with Crippen molar-refractivity contribution in [3.8, 4) is 0 Å². The summed E-state index contributed by atoms with van der Waals surface area (Å²) in [5.74, 6) is 0.372. The van der Waals surface area contributed by atoms with Crippen LogP contribution >= 0.6 is 0 Å². The fraction of sp³-hybridized carbons (Fsp3) is 0.591. The maximum absolute atomic E-state index is 13.3. The fourth-order valence-corrected chi connectivity index (χ4v) is 5.03. The van der Waals surface area contributed by atoms with E-state index >= 15 is 0 Å². The van der Waals surface area contributed by atoms with Crippen LogP contribution in [0.5, 0.6) is 0 Å². The third kappa shape index (κ3) is 3.19. The zero-order valence-corrected chi connectivity index (χ0v) is 16.6. The normalized spacial score (nSPS) is 23.0. The summed E-state index contributed by atoms with van der Waals surface area (Å²) in [6.45, 7) is 1.54. The highest BCUT2D eigenvalue weighted by Gasteiger charge is 2.56. The summed E-state index contributed by atoms with van der Waals surface area (Å²) in [4.78, 5) is 43.8. The number of likely N-dealkylation sites (N-methyl/N-ethyl adjacent to an activating group) is 1. The molecule has 2 aliphatic heterocycles. The monoisotopic (exact) mass is 383 g/mol. The van der Waals surface area contributed by atoms with Gasteiger partial charge in [-0.2, -0.15) is 0 Å². The number of carbonyl (C=O) groups excluding carboxylic acids is 3. The summed E-state index contributed by atoms with van der Waals surface area (Å²) in [5, 5.41) is 0. The van der Waals surface area contributed by atoms with E-state index < -0.39 is 5.54 Å². The SMILES string of the molecule is CN1C(=O)N(CC2CCCCC2)C(=O)C12CCN(C(=O)c1ccccc1)CC2. The molecule has 1 aromatic carbocycles. The molecule has 0 atom stereocenters. The van der Waals surface area contributed by atoms with Crippen molar-refractivity contribution < 1.29 is 14.4 Å². The van der Waals surface area contributed by atoms with E-state index in [-0.39, 0.29) is 17.8 Å². The van der Waals surface area contributed by atoms with Gasteiger partial charge < -0.3 is 9.80 Å². The summed E-state index contributed by atoms with van der Waals surface area (Å²) in [7, 11) is 1.75. The molecule has 1 saturated carbocycles. The van der Waals surface area contributed by atoms with Crippen molar-refractivity contribution in [2.24, 2.45) is 5.92 Å². The number of carbonyl (C=O) groups is 3. The highest BCUT2D eigenvalue weighted by molar-refractivity contribution is 6.07. The number of hydrogen-bond donors (Lipinski definition) is 0. The lowest BCUT2D eigenvalue weighted by Gasteiger charge is -2.40. The first-order chi connectivity index (χ1) is 13.5. The van der Waals surface area contributed by atoms with E-state index in [1.165, 1.54) is 24.2 Å². The first-order valence-corrected chi connectivity index (χ1v) is 10.5. The quantitative estimate of drug-likeness (QED) is 0.754. The highest BCUT2D eigenvalue weighted by Crippen LogP contribution is 2.37. The Morgan fingerprint density at radius 1 is 1.04 bits per heavy atom. The van der Waals surface area contributed by atoms with Crippen LogP contribution in [-0.2, 0) is 4.79 Å². The van der Waals surface area contributed by atoms with Crippen molar-refractivity contribution in [3.63, 3.8) is 0 Å². The number of rotatable bonds is 3. The second-order valence-electron chi connectivity index (χ2n) is 8.45. The number of piperidine rings is 1. The number of hydrogen-bond acceptors (Lipinski definition) is 3. The van der Waals surface area contributed by atoms with Crippen LogP contribution in [0, 0.1) is 5.92 Å². The third-order valence-corrected chi connectivity index (χ3v) is 6.87. The molecule has 6 nitrogen and oxygen atoms in total. The molecule has 0 unspecified atom stereocenters. The zero-order chi connectivity index (χ0) is 19.7. The van der Waals surface area contributed by atoms with Gasteiger partial charge in [-0.15, -0.1) is 0 Å². The molecule has 0 bridgehead atoms. The minimum atomic E-state index is -0.779. The maximum Gasteiger partial charge on any atom is 0.327 e. The number of amides is 4. The lowest BCUT2D eigenvalue weighted by Crippen LogP contribution is -2.56. The Bertz CT molecular complexity index is 750. The molecule has 28 heavy (non-hydrogen) atoms. The lowest BCUT2D eigenvalue weighted by atomic mass is 9.85. The van der Waals surface area contributed by atoms with E-state index in [2.05, 4.69) is 0 Å². The Balaban J connectivity index is 1.44. The average Bonchev–Trinajstić information content (AvgIpc) is 2.91. The van der Waals surface area contributed by atoms with Crippen LogP contribution in [0.25, 0.3) is 0 Å². The predicted molar refractivity (Wildman–Crippen MR) is 106 cm³/mol. The standard InChI is InChI=1S/C22H29N3O3/c1-23-21(28)25(16-17-8-4-2-5-9-17)20(27)22(23)12-14-24(15-13-22)19(26)18-10-6-3-7-11-18/h3,6-7,10-11,17H,2,4-5,8-9,12-16H2,1H3. The summed E-state index contributed by atoms with van der Waals surface area (Å²) < 4.78 is 0. The molecule has 3 fully saturated rings. The number of urea groups is 1. The van der Waals surface area contributed by atoms with E-state index in [0.29, 0.717) is 44.0 Å². The van der Waals surface area contributed by atoms with Gasteiger partial charge >= 0.3 is 6.03 Å². The smallest absolute Gasteiger partial charge is 0.327 e. The molecule has 0 radical (unpaired) electrons. The molecule has 3 aliphatic rings. The Morgan fingerprint density at radius 3 is 2.32 bits per heavy atom. The first-order valence-electron chi connectivity index (χ1n) is 10.5. The maximum atomic E-state index is 13.3. The number of benzene rings is 1. The number of imide groups is 1. The van der Waals surface area contributed by atoms with Crippen LogP contribution in [0.3, 0.4) is 0 Å². The van der Waals surface area contributed by atoms with Crippen LogP contribution < -0.4 is 0 Å². The van der Waals surface area contributed by atoms with Gasteiger partial charge in [-0.05, 0) is 43.7 Å². The van der Waals surface area contributed by atoms with Crippen LogP contribution in [-0.4, -0.2) is 64.8 Å². The Kier molecular flexibility index (Phi) is 5.13. The molecule has 2 heterocycles. The lowest BCUT2D eigenvalue weighted by molar-refractivity contribution is -0.135. The van der Waals surface area contributed by atoms with Crippen LogP contribution in [0.4, 0.5) is 4.79 Å². The molecule has 6 heteroatoms. The van der Waals surface area contributed by atoms with Gasteiger partial charge in [0.05, 0.1) is 0 Å². The molecular weight excluding hydrogens is 354 g/mol. The zero-order valence-electron chi connectivity index (χ0n) is 16.6. The minimum Gasteiger partial charge on any atom is -0.338 e. The molecule has 150 valence electrons. The van der Waals surface area contributed by atoms with Gasteiger partial charge in [0.2, 0.25) is 0 Å². The van der Waals surface area contributed by atoms with Crippen molar-refractivity contribution in [2.45, 2.75) is 50.5 Å². The van der Waals surface area contributed by atoms with Gasteiger partial charge in [0.15, 0.2) is 0 Å². The topological polar surface area (TPSA) is 60.9 Å².